The van der Waals surface area contributed by atoms with Gasteiger partial charge in [0.2, 0.25) is 0 Å². The van der Waals surface area contributed by atoms with Gasteiger partial charge in [-0.1, -0.05) is 63.6 Å². The third kappa shape index (κ3) is 2.53. The first-order valence-corrected chi connectivity index (χ1v) is 9.24. The third-order valence-corrected chi connectivity index (χ3v) is 7.18. The lowest BCUT2D eigenvalue weighted by Crippen LogP contribution is -2.26. The van der Waals surface area contributed by atoms with E-state index >= 15 is 0 Å². The van der Waals surface area contributed by atoms with Gasteiger partial charge in [0.15, 0.2) is 0 Å². The van der Waals surface area contributed by atoms with Crippen LogP contribution in [0.15, 0.2) is 48.5 Å². The molecule has 1 aliphatic rings. The van der Waals surface area contributed by atoms with Gasteiger partial charge >= 0.3 is 0 Å². The van der Waals surface area contributed by atoms with Crippen LogP contribution < -0.4 is 9.83 Å². The highest BCUT2D eigenvalue weighted by Crippen LogP contribution is 2.57. The zero-order chi connectivity index (χ0) is 15.1. The van der Waals surface area contributed by atoms with Gasteiger partial charge in [-0.2, -0.15) is 0 Å². The first kappa shape index (κ1) is 14.4. The molecule has 0 N–H and O–H groups in total. The van der Waals surface area contributed by atoms with E-state index in [1.165, 1.54) is 0 Å². The molecule has 0 bridgehead atoms. The van der Waals surface area contributed by atoms with Gasteiger partial charge in [0.1, 0.15) is 5.75 Å². The number of benzene rings is 2. The maximum absolute atomic E-state index is 13.6. The molecule has 0 saturated heterocycles. The lowest BCUT2D eigenvalue weighted by molar-refractivity contribution is 0.380. The average Bonchev–Trinajstić information content (AvgIpc) is 2.47. The van der Waals surface area contributed by atoms with E-state index in [9.17, 15) is 4.57 Å². The van der Waals surface area contributed by atoms with E-state index in [2.05, 4.69) is 20.8 Å². The van der Waals surface area contributed by atoms with Crippen LogP contribution in [0, 0.1) is 5.41 Å². The van der Waals surface area contributed by atoms with Gasteiger partial charge in [-0.15, -0.1) is 0 Å². The molecule has 0 amide bonds. The smallest absolute Gasteiger partial charge is 0.278 e. The van der Waals surface area contributed by atoms with Crippen molar-refractivity contribution < 1.29 is 9.09 Å². The Morgan fingerprint density at radius 3 is 2.33 bits per heavy atom. The van der Waals surface area contributed by atoms with Crippen molar-refractivity contribution in [3.8, 4) is 16.9 Å². The Bertz CT molecular complexity index is 719. The fourth-order valence-electron chi connectivity index (χ4n) is 2.77. The summed E-state index contributed by atoms with van der Waals surface area (Å²) in [7, 11) is -2.87. The van der Waals surface area contributed by atoms with Gasteiger partial charge in [0.25, 0.3) is 7.37 Å². The van der Waals surface area contributed by atoms with Crippen molar-refractivity contribution >= 4 is 12.7 Å². The summed E-state index contributed by atoms with van der Waals surface area (Å²) in [5.74, 6) is 0.742. The number of rotatable bonds is 3. The Labute approximate surface area is 126 Å². The summed E-state index contributed by atoms with van der Waals surface area (Å²) in [4.78, 5) is 0. The highest BCUT2D eigenvalue weighted by molar-refractivity contribution is 7.67. The Morgan fingerprint density at radius 2 is 1.62 bits per heavy atom. The maximum atomic E-state index is 13.6. The minimum Gasteiger partial charge on any atom is -0.439 e. The van der Waals surface area contributed by atoms with Crippen LogP contribution in [0.1, 0.15) is 27.2 Å². The number of hydrogen-bond acceptors (Lipinski definition) is 2. The van der Waals surface area contributed by atoms with Crippen LogP contribution in [-0.2, 0) is 4.57 Å². The normalized spacial score (nSPS) is 20.3. The lowest BCUT2D eigenvalue weighted by atomic mass is 9.93. The molecule has 21 heavy (non-hydrogen) atoms. The second kappa shape index (κ2) is 5.03. The number of para-hydroxylation sites is 1. The molecule has 0 radical (unpaired) electrons. The molecule has 1 atom stereocenters. The van der Waals surface area contributed by atoms with Crippen LogP contribution in [-0.4, -0.2) is 6.16 Å². The van der Waals surface area contributed by atoms with Crippen LogP contribution in [0.25, 0.3) is 11.1 Å². The van der Waals surface area contributed by atoms with Crippen molar-refractivity contribution in [3.05, 3.63) is 48.5 Å². The largest absolute Gasteiger partial charge is 0.439 e. The first-order chi connectivity index (χ1) is 9.95. The first-order valence-electron chi connectivity index (χ1n) is 7.43. The third-order valence-electron chi connectivity index (χ3n) is 4.29. The predicted molar refractivity (Wildman–Crippen MR) is 88.7 cm³/mol. The molecule has 2 aromatic rings. The Balaban J connectivity index is 2.16. The molecule has 0 fully saturated rings. The molecule has 3 heteroatoms. The van der Waals surface area contributed by atoms with Gasteiger partial charge in [-0.3, -0.25) is 4.57 Å². The zero-order valence-electron chi connectivity index (χ0n) is 12.8. The monoisotopic (exact) mass is 300 g/mol. The van der Waals surface area contributed by atoms with Gasteiger partial charge in [0, 0.05) is 11.7 Å². The molecular weight excluding hydrogens is 279 g/mol. The predicted octanol–water partition coefficient (Wildman–Crippen LogP) is 5.09. The van der Waals surface area contributed by atoms with Crippen LogP contribution >= 0.6 is 7.37 Å². The molecule has 0 aliphatic carbocycles. The van der Waals surface area contributed by atoms with Crippen molar-refractivity contribution in [2.45, 2.75) is 27.2 Å². The van der Waals surface area contributed by atoms with E-state index in [1.54, 1.807) is 0 Å². The molecule has 0 spiro atoms. The minimum absolute atomic E-state index is 0.00504. The van der Waals surface area contributed by atoms with Crippen molar-refractivity contribution in [2.75, 3.05) is 6.16 Å². The van der Waals surface area contributed by atoms with E-state index in [4.69, 9.17) is 4.52 Å². The Morgan fingerprint density at radius 1 is 1.00 bits per heavy atom. The summed E-state index contributed by atoms with van der Waals surface area (Å²) < 4.78 is 19.6. The second-order valence-electron chi connectivity index (χ2n) is 6.45. The molecule has 0 saturated carbocycles. The zero-order valence-corrected chi connectivity index (χ0v) is 13.7. The van der Waals surface area contributed by atoms with Crippen molar-refractivity contribution in [1.29, 1.82) is 0 Å². The molecule has 3 rings (SSSR count). The van der Waals surface area contributed by atoms with E-state index in [1.807, 2.05) is 48.5 Å². The van der Waals surface area contributed by atoms with Gasteiger partial charge in [-0.25, -0.2) is 0 Å². The van der Waals surface area contributed by atoms with Gasteiger partial charge in [-0.05, 0) is 23.1 Å². The summed E-state index contributed by atoms with van der Waals surface area (Å²) in [6, 6.07) is 15.8. The SMILES string of the molecule is CCC(C)(C)CP1(=O)Oc2ccccc2-c2ccccc21. The minimum atomic E-state index is -2.87. The number of hydrogen-bond donors (Lipinski definition) is 0. The molecule has 1 heterocycles. The van der Waals surface area contributed by atoms with E-state index < -0.39 is 7.37 Å². The highest BCUT2D eigenvalue weighted by atomic mass is 31.2. The summed E-state index contributed by atoms with van der Waals surface area (Å²) in [5, 5.41) is 0.866. The average molecular weight is 300 g/mol. The molecule has 0 aromatic heterocycles. The Kier molecular flexibility index (Phi) is 3.45. The summed E-state index contributed by atoms with van der Waals surface area (Å²) in [5.41, 5.74) is 2.08. The second-order valence-corrected chi connectivity index (χ2v) is 8.78. The van der Waals surface area contributed by atoms with E-state index in [0.29, 0.717) is 6.16 Å². The molecule has 1 aliphatic heterocycles. The number of fused-ring (bicyclic) bond motifs is 3. The highest BCUT2D eigenvalue weighted by Gasteiger charge is 2.39. The van der Waals surface area contributed by atoms with Crippen LogP contribution in [0.3, 0.4) is 0 Å². The lowest BCUT2D eigenvalue weighted by Gasteiger charge is -2.33. The van der Waals surface area contributed by atoms with E-state index in [0.717, 1.165) is 28.6 Å². The molecular formula is C18H21O2P. The fraction of sp³-hybridized carbons (Fsp3) is 0.333. The van der Waals surface area contributed by atoms with Crippen molar-refractivity contribution in [3.63, 3.8) is 0 Å². The van der Waals surface area contributed by atoms with Gasteiger partial charge < -0.3 is 4.52 Å². The topological polar surface area (TPSA) is 26.3 Å². The van der Waals surface area contributed by atoms with E-state index in [-0.39, 0.29) is 5.41 Å². The van der Waals surface area contributed by atoms with Crippen molar-refractivity contribution in [2.24, 2.45) is 5.41 Å². The molecule has 2 aromatic carbocycles. The van der Waals surface area contributed by atoms with Crippen LogP contribution in [0.4, 0.5) is 0 Å². The quantitative estimate of drug-likeness (QED) is 0.738. The summed E-state index contributed by atoms with van der Waals surface area (Å²) >= 11 is 0. The molecule has 2 nitrogen and oxygen atoms in total. The maximum Gasteiger partial charge on any atom is 0.278 e. The summed E-state index contributed by atoms with van der Waals surface area (Å²) in [6.45, 7) is 6.44. The summed E-state index contributed by atoms with van der Waals surface area (Å²) in [6.07, 6.45) is 1.55. The standard InChI is InChI=1S/C18H21O2P/c1-4-18(2,3)13-21(19)17-12-8-6-10-15(17)14-9-5-7-11-16(14)20-21/h5-12H,4,13H2,1-3H3. The fourth-order valence-corrected chi connectivity index (χ4v) is 5.80. The molecule has 110 valence electrons. The van der Waals surface area contributed by atoms with Crippen molar-refractivity contribution in [1.82, 2.24) is 0 Å². The van der Waals surface area contributed by atoms with Crippen LogP contribution in [0.2, 0.25) is 0 Å². The Hall–Kier alpha value is -1.53. The molecule has 1 unspecified atom stereocenters. The van der Waals surface area contributed by atoms with Crippen LogP contribution in [0.5, 0.6) is 5.75 Å². The van der Waals surface area contributed by atoms with Gasteiger partial charge in [0.05, 0.1) is 5.30 Å².